The number of benzene rings is 1. The lowest BCUT2D eigenvalue weighted by Crippen LogP contribution is -2.17. The molecule has 0 unspecified atom stereocenters. The molecule has 2 aromatic heterocycles. The first-order valence-corrected chi connectivity index (χ1v) is 10.9. The average Bonchev–Trinajstić information content (AvgIpc) is 3.27. The number of amides is 2. The molecular weight excluding hydrogens is 466 g/mol. The molecule has 0 radical (unpaired) electrons. The van der Waals surface area contributed by atoms with E-state index >= 15 is 0 Å². The molecule has 11 nitrogen and oxygen atoms in total. The van der Waals surface area contributed by atoms with Crippen LogP contribution in [0.15, 0.2) is 28.7 Å². The number of rotatable bonds is 8. The van der Waals surface area contributed by atoms with Crippen molar-refractivity contribution < 1.29 is 14.5 Å². The SMILES string of the molecule is Cc1csc(NC(=O)Cc2nnc(SCC(=O)Nc3ccc(Cl)c([N+](=O)[O-])c3)n2C)n1. The zero-order chi connectivity index (χ0) is 22.5. The predicted octanol–water partition coefficient (Wildman–Crippen LogP) is 3.05. The third-order valence-electron chi connectivity index (χ3n) is 3.87. The van der Waals surface area contributed by atoms with Crippen molar-refractivity contribution in [2.24, 2.45) is 7.05 Å². The number of carbonyl (C=O) groups is 2. The molecule has 0 atom stereocenters. The maximum absolute atomic E-state index is 12.2. The first kappa shape index (κ1) is 22.7. The molecule has 2 heterocycles. The Morgan fingerprint density at radius 2 is 2.06 bits per heavy atom. The van der Waals surface area contributed by atoms with Crippen molar-refractivity contribution in [3.05, 3.63) is 50.2 Å². The lowest BCUT2D eigenvalue weighted by molar-refractivity contribution is -0.384. The number of anilines is 2. The second-order valence-electron chi connectivity index (χ2n) is 6.24. The van der Waals surface area contributed by atoms with Gasteiger partial charge in [-0.2, -0.15) is 0 Å². The Bertz CT molecular complexity index is 1150. The molecule has 162 valence electrons. The second kappa shape index (κ2) is 9.85. The van der Waals surface area contributed by atoms with Crippen LogP contribution in [0.3, 0.4) is 0 Å². The van der Waals surface area contributed by atoms with E-state index in [4.69, 9.17) is 11.6 Å². The molecule has 0 fully saturated rings. The van der Waals surface area contributed by atoms with Gasteiger partial charge in [0.1, 0.15) is 10.8 Å². The molecule has 2 amide bonds. The molecule has 0 aliphatic carbocycles. The summed E-state index contributed by atoms with van der Waals surface area (Å²) in [7, 11) is 1.69. The van der Waals surface area contributed by atoms with E-state index in [1.807, 2.05) is 12.3 Å². The van der Waals surface area contributed by atoms with E-state index in [9.17, 15) is 19.7 Å². The molecule has 3 rings (SSSR count). The van der Waals surface area contributed by atoms with Gasteiger partial charge in [-0.05, 0) is 19.1 Å². The van der Waals surface area contributed by atoms with Gasteiger partial charge < -0.3 is 15.2 Å². The van der Waals surface area contributed by atoms with Gasteiger partial charge >= 0.3 is 0 Å². The topological polar surface area (TPSA) is 145 Å². The molecule has 0 spiro atoms. The molecule has 0 saturated heterocycles. The molecule has 2 N–H and O–H groups in total. The van der Waals surface area contributed by atoms with Gasteiger partial charge in [-0.15, -0.1) is 21.5 Å². The Balaban J connectivity index is 1.54. The third-order valence-corrected chi connectivity index (χ3v) is 6.08. The van der Waals surface area contributed by atoms with E-state index in [1.54, 1.807) is 11.6 Å². The quantitative estimate of drug-likeness (QED) is 0.283. The Kier molecular flexibility index (Phi) is 7.20. The monoisotopic (exact) mass is 481 g/mol. The van der Waals surface area contributed by atoms with E-state index in [2.05, 4.69) is 25.8 Å². The van der Waals surface area contributed by atoms with E-state index in [0.717, 1.165) is 17.5 Å². The Labute approximate surface area is 189 Å². The standard InChI is InChI=1S/C17H16ClN7O4S2/c1-9-7-30-16(19-9)21-14(26)6-13-22-23-17(24(13)2)31-8-15(27)20-10-3-4-11(18)12(5-10)25(28)29/h3-5,7H,6,8H2,1-2H3,(H,20,27)(H,19,21,26). The lowest BCUT2D eigenvalue weighted by Gasteiger charge is -2.06. The molecule has 0 bridgehead atoms. The number of nitrogens with one attached hydrogen (secondary N) is 2. The summed E-state index contributed by atoms with van der Waals surface area (Å²) >= 11 is 8.22. The summed E-state index contributed by atoms with van der Waals surface area (Å²) < 4.78 is 1.62. The molecule has 31 heavy (non-hydrogen) atoms. The second-order valence-corrected chi connectivity index (χ2v) is 8.44. The zero-order valence-corrected chi connectivity index (χ0v) is 18.7. The van der Waals surface area contributed by atoms with Crippen molar-refractivity contribution in [3.8, 4) is 0 Å². The highest BCUT2D eigenvalue weighted by Crippen LogP contribution is 2.27. The van der Waals surface area contributed by atoms with Crippen LogP contribution in [0.2, 0.25) is 5.02 Å². The summed E-state index contributed by atoms with van der Waals surface area (Å²) in [6.07, 6.45) is 0.00330. The maximum Gasteiger partial charge on any atom is 0.289 e. The minimum Gasteiger partial charge on any atom is -0.325 e. The minimum absolute atomic E-state index is 0.00330. The number of hydrogen-bond acceptors (Lipinski definition) is 9. The van der Waals surface area contributed by atoms with Crippen molar-refractivity contribution in [3.63, 3.8) is 0 Å². The van der Waals surface area contributed by atoms with Crippen LogP contribution in [0.4, 0.5) is 16.5 Å². The van der Waals surface area contributed by atoms with Crippen molar-refractivity contribution in [1.29, 1.82) is 0 Å². The van der Waals surface area contributed by atoms with E-state index < -0.39 is 4.92 Å². The zero-order valence-electron chi connectivity index (χ0n) is 16.3. The summed E-state index contributed by atoms with van der Waals surface area (Å²) in [4.78, 5) is 38.9. The van der Waals surface area contributed by atoms with Crippen LogP contribution in [-0.2, 0) is 23.1 Å². The fourth-order valence-corrected chi connectivity index (χ4v) is 4.02. The Morgan fingerprint density at radius 1 is 1.29 bits per heavy atom. The van der Waals surface area contributed by atoms with Gasteiger partial charge in [-0.25, -0.2) is 4.98 Å². The minimum atomic E-state index is -0.625. The smallest absolute Gasteiger partial charge is 0.289 e. The van der Waals surface area contributed by atoms with E-state index in [-0.39, 0.29) is 40.4 Å². The number of nitro benzene ring substituents is 1. The molecular formula is C17H16ClN7O4S2. The molecule has 0 aliphatic heterocycles. The highest BCUT2D eigenvalue weighted by atomic mass is 35.5. The van der Waals surface area contributed by atoms with Gasteiger partial charge in [0.05, 0.1) is 22.8 Å². The Morgan fingerprint density at radius 3 is 2.74 bits per heavy atom. The van der Waals surface area contributed by atoms with Crippen molar-refractivity contribution in [2.45, 2.75) is 18.5 Å². The van der Waals surface area contributed by atoms with Crippen LogP contribution in [0, 0.1) is 17.0 Å². The summed E-state index contributed by atoms with van der Waals surface area (Å²) in [5.41, 5.74) is 0.787. The summed E-state index contributed by atoms with van der Waals surface area (Å²) in [5, 5.41) is 27.0. The highest BCUT2D eigenvalue weighted by Gasteiger charge is 2.17. The molecule has 14 heteroatoms. The normalized spacial score (nSPS) is 10.7. The molecule has 3 aromatic rings. The molecule has 0 aliphatic rings. The van der Waals surface area contributed by atoms with Gasteiger partial charge in [0.2, 0.25) is 11.8 Å². The molecule has 1 aromatic carbocycles. The van der Waals surface area contributed by atoms with Gasteiger partial charge in [-0.3, -0.25) is 19.7 Å². The van der Waals surface area contributed by atoms with Crippen molar-refractivity contribution >= 4 is 63.0 Å². The van der Waals surface area contributed by atoms with Crippen LogP contribution in [0.5, 0.6) is 0 Å². The van der Waals surface area contributed by atoms with Crippen molar-refractivity contribution in [1.82, 2.24) is 19.7 Å². The van der Waals surface area contributed by atoms with Gasteiger partial charge in [0, 0.05) is 24.2 Å². The number of aryl methyl sites for hydroxylation is 1. The Hall–Kier alpha value is -3.03. The number of halogens is 1. The first-order chi connectivity index (χ1) is 14.7. The summed E-state index contributed by atoms with van der Waals surface area (Å²) in [6, 6.07) is 4.00. The fourth-order valence-electron chi connectivity index (χ4n) is 2.40. The first-order valence-electron chi connectivity index (χ1n) is 8.69. The average molecular weight is 482 g/mol. The molecule has 0 saturated carbocycles. The number of hydrogen-bond donors (Lipinski definition) is 2. The number of thioether (sulfide) groups is 1. The van der Waals surface area contributed by atoms with Crippen LogP contribution in [0.25, 0.3) is 0 Å². The fraction of sp³-hybridized carbons (Fsp3) is 0.235. The third kappa shape index (κ3) is 5.99. The summed E-state index contributed by atoms with van der Waals surface area (Å²) in [6.45, 7) is 1.84. The maximum atomic E-state index is 12.2. The lowest BCUT2D eigenvalue weighted by atomic mass is 10.3. The van der Waals surface area contributed by atoms with Gasteiger partial charge in [0.15, 0.2) is 10.3 Å². The van der Waals surface area contributed by atoms with Crippen LogP contribution < -0.4 is 10.6 Å². The van der Waals surface area contributed by atoms with E-state index in [1.165, 1.54) is 29.5 Å². The summed E-state index contributed by atoms with van der Waals surface area (Å²) in [5.74, 6) is -0.235. The van der Waals surface area contributed by atoms with Gasteiger partial charge in [-0.1, -0.05) is 23.4 Å². The van der Waals surface area contributed by atoms with Gasteiger partial charge in [0.25, 0.3) is 5.69 Å². The predicted molar refractivity (Wildman–Crippen MR) is 118 cm³/mol. The number of nitro groups is 1. The number of aromatic nitrogens is 4. The number of nitrogens with zero attached hydrogens (tertiary/aromatic N) is 5. The number of thiazole rings is 1. The van der Waals surface area contributed by atoms with E-state index in [0.29, 0.717) is 16.1 Å². The largest absolute Gasteiger partial charge is 0.325 e. The van der Waals surface area contributed by atoms with Crippen molar-refractivity contribution in [2.75, 3.05) is 16.4 Å². The van der Waals surface area contributed by atoms with Crippen LogP contribution in [0.1, 0.15) is 11.5 Å². The van der Waals surface area contributed by atoms with Crippen LogP contribution in [-0.4, -0.2) is 42.2 Å². The highest BCUT2D eigenvalue weighted by molar-refractivity contribution is 7.99. The number of carbonyl (C=O) groups excluding carboxylic acids is 2. The van der Waals surface area contributed by atoms with Crippen LogP contribution >= 0.6 is 34.7 Å².